The van der Waals surface area contributed by atoms with Crippen molar-refractivity contribution in [2.45, 2.75) is 25.9 Å². The summed E-state index contributed by atoms with van der Waals surface area (Å²) in [5.41, 5.74) is 0. The van der Waals surface area contributed by atoms with Crippen LogP contribution in [0.2, 0.25) is 0 Å². The van der Waals surface area contributed by atoms with Gasteiger partial charge in [0.1, 0.15) is 0 Å². The second-order valence-corrected chi connectivity index (χ2v) is 2.97. The van der Waals surface area contributed by atoms with E-state index in [2.05, 4.69) is 0 Å². The molecule has 0 saturated carbocycles. The first-order valence-electron chi connectivity index (χ1n) is 4.30. The van der Waals surface area contributed by atoms with E-state index in [-0.39, 0.29) is 11.7 Å². The highest BCUT2D eigenvalue weighted by molar-refractivity contribution is 5.95. The lowest BCUT2D eigenvalue weighted by atomic mass is 9.99. The molecule has 0 spiro atoms. The normalized spacial score (nSPS) is 29.0. The summed E-state index contributed by atoms with van der Waals surface area (Å²) in [5, 5.41) is 9.32. The van der Waals surface area contributed by atoms with E-state index in [4.69, 9.17) is 0 Å². The van der Waals surface area contributed by atoms with Gasteiger partial charge in [0.25, 0.3) is 0 Å². The standard InChI is InChI=1S/C10H14O2/c1-2-3-4-5-8-9(11)6-7-10(8)12/h3-4,6-9,11H,2,5H2,1H3. The summed E-state index contributed by atoms with van der Waals surface area (Å²) in [6.45, 7) is 2.04. The smallest absolute Gasteiger partial charge is 0.161 e. The summed E-state index contributed by atoms with van der Waals surface area (Å²) in [6.07, 6.45) is 8.06. The molecular formula is C10H14O2. The summed E-state index contributed by atoms with van der Waals surface area (Å²) in [6, 6.07) is 0. The minimum atomic E-state index is -0.570. The van der Waals surface area contributed by atoms with Gasteiger partial charge in [-0.25, -0.2) is 0 Å². The van der Waals surface area contributed by atoms with Gasteiger partial charge < -0.3 is 5.11 Å². The number of allylic oxidation sites excluding steroid dienone is 3. The van der Waals surface area contributed by atoms with Crippen LogP contribution in [0.5, 0.6) is 0 Å². The Morgan fingerprint density at radius 2 is 2.33 bits per heavy atom. The zero-order valence-corrected chi connectivity index (χ0v) is 7.23. The number of carbonyl (C=O) groups is 1. The molecule has 2 heteroatoms. The van der Waals surface area contributed by atoms with Crippen LogP contribution in [0.4, 0.5) is 0 Å². The average molecular weight is 166 g/mol. The van der Waals surface area contributed by atoms with E-state index in [1.165, 1.54) is 6.08 Å². The largest absolute Gasteiger partial charge is 0.388 e. The highest BCUT2D eigenvalue weighted by Crippen LogP contribution is 2.19. The highest BCUT2D eigenvalue weighted by atomic mass is 16.3. The lowest BCUT2D eigenvalue weighted by Gasteiger charge is -2.09. The molecule has 1 aliphatic carbocycles. The molecule has 0 saturated heterocycles. The lowest BCUT2D eigenvalue weighted by Crippen LogP contribution is -2.18. The molecule has 0 heterocycles. The molecule has 0 aromatic carbocycles. The Labute approximate surface area is 72.6 Å². The molecule has 2 nitrogen and oxygen atoms in total. The maximum Gasteiger partial charge on any atom is 0.161 e. The number of hydrogen-bond acceptors (Lipinski definition) is 2. The molecular weight excluding hydrogens is 152 g/mol. The van der Waals surface area contributed by atoms with E-state index in [1.54, 1.807) is 6.08 Å². The Balaban J connectivity index is 2.42. The summed E-state index contributed by atoms with van der Waals surface area (Å²) in [5.74, 6) is -0.184. The van der Waals surface area contributed by atoms with Crippen LogP contribution in [0, 0.1) is 5.92 Å². The van der Waals surface area contributed by atoms with Crippen LogP contribution in [-0.4, -0.2) is 17.0 Å². The third-order valence-corrected chi connectivity index (χ3v) is 2.03. The minimum absolute atomic E-state index is 0.0447. The SMILES string of the molecule is CCC=CCC1C(=O)C=CC1O. The number of aliphatic hydroxyl groups excluding tert-OH is 1. The molecule has 0 aliphatic heterocycles. The van der Waals surface area contributed by atoms with Gasteiger partial charge in [-0.05, 0) is 18.9 Å². The van der Waals surface area contributed by atoms with Gasteiger partial charge >= 0.3 is 0 Å². The Hall–Kier alpha value is -0.890. The van der Waals surface area contributed by atoms with E-state index in [0.29, 0.717) is 6.42 Å². The van der Waals surface area contributed by atoms with Gasteiger partial charge in [-0.1, -0.05) is 25.2 Å². The Morgan fingerprint density at radius 3 is 2.83 bits per heavy atom. The second-order valence-electron chi connectivity index (χ2n) is 2.97. The van der Waals surface area contributed by atoms with Crippen molar-refractivity contribution >= 4 is 5.78 Å². The van der Waals surface area contributed by atoms with Crippen LogP contribution in [0.15, 0.2) is 24.3 Å². The number of ketones is 1. The maximum absolute atomic E-state index is 11.1. The quantitative estimate of drug-likeness (QED) is 0.644. The van der Waals surface area contributed by atoms with Gasteiger partial charge in [-0.15, -0.1) is 0 Å². The Bertz CT molecular complexity index is 216. The van der Waals surface area contributed by atoms with Crippen molar-refractivity contribution in [1.82, 2.24) is 0 Å². The van der Waals surface area contributed by atoms with Gasteiger partial charge in [0, 0.05) is 0 Å². The molecule has 1 rings (SSSR count). The molecule has 2 unspecified atom stereocenters. The van der Waals surface area contributed by atoms with Crippen LogP contribution in [0.25, 0.3) is 0 Å². The third kappa shape index (κ3) is 2.05. The predicted molar refractivity (Wildman–Crippen MR) is 47.7 cm³/mol. The van der Waals surface area contributed by atoms with Crippen molar-refractivity contribution in [3.8, 4) is 0 Å². The Morgan fingerprint density at radius 1 is 1.58 bits per heavy atom. The van der Waals surface area contributed by atoms with Gasteiger partial charge in [0.05, 0.1) is 12.0 Å². The molecule has 0 amide bonds. The fourth-order valence-corrected chi connectivity index (χ4v) is 1.28. The zero-order valence-electron chi connectivity index (χ0n) is 7.23. The molecule has 1 N–H and O–H groups in total. The summed E-state index contributed by atoms with van der Waals surface area (Å²) in [4.78, 5) is 11.1. The lowest BCUT2D eigenvalue weighted by molar-refractivity contribution is -0.119. The van der Waals surface area contributed by atoms with Crippen LogP contribution < -0.4 is 0 Å². The monoisotopic (exact) mass is 166 g/mol. The highest BCUT2D eigenvalue weighted by Gasteiger charge is 2.26. The first-order valence-corrected chi connectivity index (χ1v) is 4.30. The molecule has 0 aromatic rings. The zero-order chi connectivity index (χ0) is 8.97. The van der Waals surface area contributed by atoms with Crippen LogP contribution >= 0.6 is 0 Å². The van der Waals surface area contributed by atoms with Gasteiger partial charge in [0.15, 0.2) is 5.78 Å². The van der Waals surface area contributed by atoms with Gasteiger partial charge in [0.2, 0.25) is 0 Å². The fraction of sp³-hybridized carbons (Fsp3) is 0.500. The second kappa shape index (κ2) is 4.21. The van der Waals surface area contributed by atoms with E-state index in [9.17, 15) is 9.90 Å². The summed E-state index contributed by atoms with van der Waals surface area (Å²) >= 11 is 0. The molecule has 0 fully saturated rings. The number of carbonyl (C=O) groups excluding carboxylic acids is 1. The van der Waals surface area contributed by atoms with Crippen LogP contribution in [0.1, 0.15) is 19.8 Å². The first-order chi connectivity index (χ1) is 5.75. The van der Waals surface area contributed by atoms with E-state index in [0.717, 1.165) is 6.42 Å². The number of hydrogen-bond donors (Lipinski definition) is 1. The summed E-state index contributed by atoms with van der Waals surface area (Å²) in [7, 11) is 0. The van der Waals surface area contributed by atoms with Gasteiger partial charge in [-0.2, -0.15) is 0 Å². The van der Waals surface area contributed by atoms with Crippen molar-refractivity contribution < 1.29 is 9.90 Å². The third-order valence-electron chi connectivity index (χ3n) is 2.03. The van der Waals surface area contributed by atoms with Crippen LogP contribution in [-0.2, 0) is 4.79 Å². The summed E-state index contributed by atoms with van der Waals surface area (Å²) < 4.78 is 0. The molecule has 0 radical (unpaired) electrons. The van der Waals surface area contributed by atoms with Crippen molar-refractivity contribution in [3.63, 3.8) is 0 Å². The Kier molecular flexibility index (Phi) is 3.23. The molecule has 2 atom stereocenters. The first kappa shape index (κ1) is 9.20. The van der Waals surface area contributed by atoms with Crippen molar-refractivity contribution in [3.05, 3.63) is 24.3 Å². The van der Waals surface area contributed by atoms with E-state index >= 15 is 0 Å². The van der Waals surface area contributed by atoms with E-state index < -0.39 is 6.10 Å². The molecule has 66 valence electrons. The predicted octanol–water partition coefficient (Wildman–Crippen LogP) is 1.46. The number of aliphatic hydroxyl groups is 1. The molecule has 0 aromatic heterocycles. The number of rotatable bonds is 3. The molecule has 12 heavy (non-hydrogen) atoms. The van der Waals surface area contributed by atoms with E-state index in [1.807, 2.05) is 19.1 Å². The van der Waals surface area contributed by atoms with Gasteiger partial charge in [-0.3, -0.25) is 4.79 Å². The average Bonchev–Trinajstić information content (AvgIpc) is 2.35. The molecule has 0 bridgehead atoms. The van der Waals surface area contributed by atoms with Crippen molar-refractivity contribution in [1.29, 1.82) is 0 Å². The van der Waals surface area contributed by atoms with Crippen LogP contribution in [0.3, 0.4) is 0 Å². The minimum Gasteiger partial charge on any atom is -0.388 e. The maximum atomic E-state index is 11.1. The molecule has 1 aliphatic rings. The van der Waals surface area contributed by atoms with Crippen molar-refractivity contribution in [2.24, 2.45) is 5.92 Å². The fourth-order valence-electron chi connectivity index (χ4n) is 1.28. The topological polar surface area (TPSA) is 37.3 Å². The van der Waals surface area contributed by atoms with Crippen molar-refractivity contribution in [2.75, 3.05) is 0 Å².